The Balaban J connectivity index is 1.44. The Morgan fingerprint density at radius 1 is 0.885 bits per heavy atom. The molecule has 0 unspecified atom stereocenters. The highest BCUT2D eigenvalue weighted by Gasteiger charge is 2.25. The fraction of sp³-hybridized carbons (Fsp3) is 0.300. The third-order valence-corrected chi connectivity index (χ3v) is 4.72. The van der Waals surface area contributed by atoms with E-state index >= 15 is 0 Å². The highest BCUT2D eigenvalue weighted by atomic mass is 35.5. The number of nitrogens with zero attached hydrogens (tertiary/aromatic N) is 2. The molecule has 0 radical (unpaired) electrons. The van der Waals surface area contributed by atoms with Gasteiger partial charge >= 0.3 is 11.8 Å². The second-order valence-corrected chi connectivity index (χ2v) is 6.80. The van der Waals surface area contributed by atoms with Crippen molar-refractivity contribution in [3.05, 3.63) is 70.7 Å². The molecular formula is C20H22ClN3O2. The third-order valence-electron chi connectivity index (χ3n) is 4.47. The van der Waals surface area contributed by atoms with E-state index in [1.54, 1.807) is 17.0 Å². The van der Waals surface area contributed by atoms with Gasteiger partial charge in [-0.3, -0.25) is 14.5 Å². The Kier molecular flexibility index (Phi) is 6.26. The lowest BCUT2D eigenvalue weighted by Crippen LogP contribution is -2.52. The van der Waals surface area contributed by atoms with Crippen LogP contribution in [-0.4, -0.2) is 47.8 Å². The minimum atomic E-state index is -0.559. The number of piperazine rings is 1. The zero-order chi connectivity index (χ0) is 18.4. The minimum Gasteiger partial charge on any atom is -0.344 e. The van der Waals surface area contributed by atoms with Crippen molar-refractivity contribution in [3.63, 3.8) is 0 Å². The molecule has 2 aromatic rings. The second kappa shape index (κ2) is 8.83. The second-order valence-electron chi connectivity index (χ2n) is 6.36. The van der Waals surface area contributed by atoms with Gasteiger partial charge < -0.3 is 10.2 Å². The number of rotatable bonds is 4. The summed E-state index contributed by atoms with van der Waals surface area (Å²) < 4.78 is 0. The Hall–Kier alpha value is -2.37. The van der Waals surface area contributed by atoms with E-state index in [4.69, 9.17) is 11.6 Å². The Morgan fingerprint density at radius 2 is 1.54 bits per heavy atom. The van der Waals surface area contributed by atoms with E-state index in [1.807, 2.05) is 30.3 Å². The number of halogens is 1. The predicted molar refractivity (Wildman–Crippen MR) is 102 cm³/mol. The van der Waals surface area contributed by atoms with E-state index in [-0.39, 0.29) is 0 Å². The Morgan fingerprint density at radius 3 is 2.19 bits per heavy atom. The van der Waals surface area contributed by atoms with Gasteiger partial charge in [-0.1, -0.05) is 54.1 Å². The summed E-state index contributed by atoms with van der Waals surface area (Å²) in [6, 6.07) is 17.4. The lowest BCUT2D eigenvalue weighted by molar-refractivity contribution is -0.147. The van der Waals surface area contributed by atoms with Crippen LogP contribution in [0, 0.1) is 0 Å². The molecule has 1 aliphatic heterocycles. The van der Waals surface area contributed by atoms with Gasteiger partial charge in [-0.25, -0.2) is 0 Å². The smallest absolute Gasteiger partial charge is 0.311 e. The molecule has 0 atom stereocenters. The molecule has 1 saturated heterocycles. The number of hydrogen-bond acceptors (Lipinski definition) is 3. The van der Waals surface area contributed by atoms with E-state index in [1.165, 1.54) is 5.56 Å². The van der Waals surface area contributed by atoms with Crippen molar-refractivity contribution in [2.45, 2.75) is 13.1 Å². The van der Waals surface area contributed by atoms with Crippen LogP contribution < -0.4 is 5.32 Å². The average Bonchev–Trinajstić information content (AvgIpc) is 2.68. The van der Waals surface area contributed by atoms with Crippen LogP contribution in [0.25, 0.3) is 0 Å². The normalized spacial score (nSPS) is 14.9. The van der Waals surface area contributed by atoms with Crippen LogP contribution in [0.15, 0.2) is 54.6 Å². The molecule has 5 nitrogen and oxygen atoms in total. The monoisotopic (exact) mass is 371 g/mol. The van der Waals surface area contributed by atoms with Crippen LogP contribution in [0.3, 0.4) is 0 Å². The molecule has 2 amide bonds. The highest BCUT2D eigenvalue weighted by Crippen LogP contribution is 2.10. The summed E-state index contributed by atoms with van der Waals surface area (Å²) in [6.07, 6.45) is 0. The van der Waals surface area contributed by atoms with Gasteiger partial charge in [0, 0.05) is 44.3 Å². The lowest BCUT2D eigenvalue weighted by Gasteiger charge is -2.34. The Bertz CT molecular complexity index is 741. The SMILES string of the molecule is O=C(NCc1ccc(Cl)cc1)C(=O)N1CCN(Cc2ccccc2)CC1. The topological polar surface area (TPSA) is 52.7 Å². The summed E-state index contributed by atoms with van der Waals surface area (Å²) in [6.45, 7) is 3.86. The van der Waals surface area contributed by atoms with Crippen molar-refractivity contribution in [3.8, 4) is 0 Å². The van der Waals surface area contributed by atoms with E-state index in [0.29, 0.717) is 24.7 Å². The van der Waals surface area contributed by atoms with Gasteiger partial charge in [-0.05, 0) is 23.3 Å². The maximum Gasteiger partial charge on any atom is 0.311 e. The van der Waals surface area contributed by atoms with E-state index in [2.05, 4.69) is 22.3 Å². The molecule has 2 aromatic carbocycles. The summed E-state index contributed by atoms with van der Waals surface area (Å²) in [5.74, 6) is -1.02. The maximum atomic E-state index is 12.3. The van der Waals surface area contributed by atoms with Crippen molar-refractivity contribution in [2.75, 3.05) is 26.2 Å². The van der Waals surface area contributed by atoms with Gasteiger partial charge in [0.05, 0.1) is 0 Å². The molecule has 0 aliphatic carbocycles. The fourth-order valence-corrected chi connectivity index (χ4v) is 3.08. The first-order valence-electron chi connectivity index (χ1n) is 8.69. The van der Waals surface area contributed by atoms with Gasteiger partial charge in [0.25, 0.3) is 0 Å². The quantitative estimate of drug-likeness (QED) is 0.839. The molecule has 0 saturated carbocycles. The molecule has 3 rings (SSSR count). The number of amides is 2. The summed E-state index contributed by atoms with van der Waals surface area (Å²) in [5, 5.41) is 3.32. The van der Waals surface area contributed by atoms with Crippen molar-refractivity contribution < 1.29 is 9.59 Å². The zero-order valence-corrected chi connectivity index (χ0v) is 15.3. The first-order valence-corrected chi connectivity index (χ1v) is 9.07. The van der Waals surface area contributed by atoms with Gasteiger partial charge in [0.2, 0.25) is 0 Å². The van der Waals surface area contributed by atoms with Crippen molar-refractivity contribution in [1.82, 2.24) is 15.1 Å². The maximum absolute atomic E-state index is 12.3. The van der Waals surface area contributed by atoms with E-state index in [9.17, 15) is 9.59 Å². The molecule has 26 heavy (non-hydrogen) atoms. The average molecular weight is 372 g/mol. The number of carbonyl (C=O) groups excluding carboxylic acids is 2. The highest BCUT2D eigenvalue weighted by molar-refractivity contribution is 6.35. The molecular weight excluding hydrogens is 350 g/mol. The Labute approximate surface area is 158 Å². The number of hydrogen-bond donors (Lipinski definition) is 1. The van der Waals surface area contributed by atoms with Gasteiger partial charge in [-0.15, -0.1) is 0 Å². The standard InChI is InChI=1S/C20H22ClN3O2/c21-18-8-6-16(7-9-18)14-22-19(25)20(26)24-12-10-23(11-13-24)15-17-4-2-1-3-5-17/h1-9H,10-15H2,(H,22,25). The molecule has 0 aromatic heterocycles. The summed E-state index contributed by atoms with van der Waals surface area (Å²) >= 11 is 5.84. The number of nitrogens with one attached hydrogen (secondary N) is 1. The van der Waals surface area contributed by atoms with Gasteiger partial charge in [0.1, 0.15) is 0 Å². The number of benzene rings is 2. The van der Waals surface area contributed by atoms with Crippen LogP contribution in [-0.2, 0) is 22.7 Å². The van der Waals surface area contributed by atoms with Crippen LogP contribution in [0.5, 0.6) is 0 Å². The zero-order valence-electron chi connectivity index (χ0n) is 14.5. The molecule has 1 N–H and O–H groups in total. The van der Waals surface area contributed by atoms with Crippen LogP contribution >= 0.6 is 11.6 Å². The lowest BCUT2D eigenvalue weighted by atomic mass is 10.2. The summed E-state index contributed by atoms with van der Waals surface area (Å²) in [4.78, 5) is 28.3. The fourth-order valence-electron chi connectivity index (χ4n) is 2.95. The molecule has 0 spiro atoms. The third kappa shape index (κ3) is 5.07. The predicted octanol–water partition coefficient (Wildman–Crippen LogP) is 2.30. The van der Waals surface area contributed by atoms with Crippen molar-refractivity contribution in [1.29, 1.82) is 0 Å². The summed E-state index contributed by atoms with van der Waals surface area (Å²) in [5.41, 5.74) is 2.16. The van der Waals surface area contributed by atoms with Crippen molar-refractivity contribution >= 4 is 23.4 Å². The molecule has 1 fully saturated rings. The van der Waals surface area contributed by atoms with Crippen LogP contribution in [0.4, 0.5) is 0 Å². The van der Waals surface area contributed by atoms with Gasteiger partial charge in [-0.2, -0.15) is 0 Å². The molecule has 1 aliphatic rings. The first-order chi connectivity index (χ1) is 12.6. The van der Waals surface area contributed by atoms with Crippen LogP contribution in [0.2, 0.25) is 5.02 Å². The first kappa shape index (κ1) is 18.4. The molecule has 0 bridgehead atoms. The molecule has 1 heterocycles. The molecule has 136 valence electrons. The molecule has 6 heteroatoms. The summed E-state index contributed by atoms with van der Waals surface area (Å²) in [7, 11) is 0. The van der Waals surface area contributed by atoms with Crippen LogP contribution in [0.1, 0.15) is 11.1 Å². The van der Waals surface area contributed by atoms with E-state index < -0.39 is 11.8 Å². The number of carbonyl (C=O) groups is 2. The van der Waals surface area contributed by atoms with E-state index in [0.717, 1.165) is 25.2 Å². The minimum absolute atomic E-state index is 0.315. The van der Waals surface area contributed by atoms with Gasteiger partial charge in [0.15, 0.2) is 0 Å². The van der Waals surface area contributed by atoms with Crippen molar-refractivity contribution in [2.24, 2.45) is 0 Å². The largest absolute Gasteiger partial charge is 0.344 e.